The first-order valence-electron chi connectivity index (χ1n) is 4.71. The normalized spacial score (nSPS) is 14.2. The molecule has 0 heterocycles. The van der Waals surface area contributed by atoms with Crippen LogP contribution in [0.25, 0.3) is 0 Å². The SMILES string of the molecule is N#Cc1ccc(Cl)c(C(O)C(O)CCBr)c1. The van der Waals surface area contributed by atoms with Gasteiger partial charge < -0.3 is 10.2 Å². The number of rotatable bonds is 4. The molecule has 0 aliphatic carbocycles. The first kappa shape index (κ1) is 13.5. The van der Waals surface area contributed by atoms with Crippen molar-refractivity contribution in [2.75, 3.05) is 5.33 Å². The van der Waals surface area contributed by atoms with Crippen LogP contribution in [0.2, 0.25) is 5.02 Å². The zero-order valence-corrected chi connectivity index (χ0v) is 10.7. The maximum absolute atomic E-state index is 9.86. The predicted octanol–water partition coefficient (Wildman–Crippen LogP) is 2.39. The third kappa shape index (κ3) is 3.19. The number of benzene rings is 1. The Labute approximate surface area is 107 Å². The number of halogens is 2. The van der Waals surface area contributed by atoms with Gasteiger partial charge in [-0.3, -0.25) is 0 Å². The largest absolute Gasteiger partial charge is 0.390 e. The minimum Gasteiger partial charge on any atom is -0.390 e. The van der Waals surface area contributed by atoms with Crippen molar-refractivity contribution < 1.29 is 10.2 Å². The first-order valence-corrected chi connectivity index (χ1v) is 6.21. The Kier molecular flexibility index (Phi) is 5.23. The minimum atomic E-state index is -1.07. The lowest BCUT2D eigenvalue weighted by Crippen LogP contribution is -2.19. The summed E-state index contributed by atoms with van der Waals surface area (Å²) in [5, 5.41) is 29.2. The van der Waals surface area contributed by atoms with Crippen molar-refractivity contribution in [2.45, 2.75) is 18.6 Å². The smallest absolute Gasteiger partial charge is 0.106 e. The lowest BCUT2D eigenvalue weighted by molar-refractivity contribution is 0.0174. The van der Waals surface area contributed by atoms with E-state index < -0.39 is 12.2 Å². The quantitative estimate of drug-likeness (QED) is 0.840. The van der Waals surface area contributed by atoms with Gasteiger partial charge in [-0.2, -0.15) is 5.26 Å². The molecule has 86 valence electrons. The second-order valence-electron chi connectivity index (χ2n) is 3.34. The molecular formula is C11H11BrClNO2. The van der Waals surface area contributed by atoms with E-state index in [0.29, 0.717) is 27.9 Å². The molecule has 5 heteroatoms. The molecule has 0 aromatic heterocycles. The summed E-state index contributed by atoms with van der Waals surface area (Å²) in [6.45, 7) is 0. The van der Waals surface area contributed by atoms with Crippen LogP contribution in [0.4, 0.5) is 0 Å². The monoisotopic (exact) mass is 303 g/mol. The average molecular weight is 305 g/mol. The Bertz CT molecular complexity index is 405. The molecule has 0 aliphatic heterocycles. The van der Waals surface area contributed by atoms with Crippen LogP contribution in [0.3, 0.4) is 0 Å². The van der Waals surface area contributed by atoms with Crippen molar-refractivity contribution in [3.8, 4) is 6.07 Å². The zero-order chi connectivity index (χ0) is 12.1. The van der Waals surface area contributed by atoms with Crippen LogP contribution in [-0.4, -0.2) is 21.6 Å². The van der Waals surface area contributed by atoms with Crippen LogP contribution in [0.15, 0.2) is 18.2 Å². The van der Waals surface area contributed by atoms with E-state index in [-0.39, 0.29) is 0 Å². The van der Waals surface area contributed by atoms with E-state index in [4.69, 9.17) is 16.9 Å². The Morgan fingerprint density at radius 3 is 2.69 bits per heavy atom. The molecule has 0 radical (unpaired) electrons. The fraction of sp³-hybridized carbons (Fsp3) is 0.364. The number of aliphatic hydroxyl groups is 2. The van der Waals surface area contributed by atoms with Crippen molar-refractivity contribution in [3.05, 3.63) is 34.3 Å². The van der Waals surface area contributed by atoms with E-state index in [1.165, 1.54) is 6.07 Å². The third-order valence-corrected chi connectivity index (χ3v) is 3.02. The van der Waals surface area contributed by atoms with Gasteiger partial charge in [0.2, 0.25) is 0 Å². The third-order valence-electron chi connectivity index (χ3n) is 2.21. The van der Waals surface area contributed by atoms with Crippen molar-refractivity contribution in [1.29, 1.82) is 5.26 Å². The molecule has 0 saturated heterocycles. The summed E-state index contributed by atoms with van der Waals surface area (Å²) in [5.41, 5.74) is 0.790. The second-order valence-corrected chi connectivity index (χ2v) is 4.54. The number of nitrogens with zero attached hydrogens (tertiary/aromatic N) is 1. The van der Waals surface area contributed by atoms with Crippen molar-refractivity contribution >= 4 is 27.5 Å². The van der Waals surface area contributed by atoms with Crippen LogP contribution in [0, 0.1) is 11.3 Å². The maximum atomic E-state index is 9.86. The van der Waals surface area contributed by atoms with Crippen LogP contribution in [0.5, 0.6) is 0 Å². The average Bonchev–Trinajstić information content (AvgIpc) is 2.29. The Hall–Kier alpha value is -0.600. The number of alkyl halides is 1. The standard InChI is InChI=1S/C11H11BrClNO2/c12-4-3-10(15)11(16)8-5-7(6-14)1-2-9(8)13/h1-2,5,10-11,15-16H,3-4H2. The van der Waals surface area contributed by atoms with Gasteiger partial charge in [0.05, 0.1) is 17.7 Å². The predicted molar refractivity (Wildman–Crippen MR) is 65.5 cm³/mol. The summed E-state index contributed by atoms with van der Waals surface area (Å²) in [6, 6.07) is 6.56. The topological polar surface area (TPSA) is 64.2 Å². The fourth-order valence-corrected chi connectivity index (χ4v) is 2.02. The number of hydrogen-bond acceptors (Lipinski definition) is 3. The molecule has 0 fully saturated rings. The van der Waals surface area contributed by atoms with Gasteiger partial charge in [0, 0.05) is 15.9 Å². The first-order chi connectivity index (χ1) is 7.60. The van der Waals surface area contributed by atoms with Gasteiger partial charge in [-0.15, -0.1) is 0 Å². The summed E-state index contributed by atoms with van der Waals surface area (Å²) < 4.78 is 0. The summed E-state index contributed by atoms with van der Waals surface area (Å²) in [7, 11) is 0. The molecule has 1 rings (SSSR count). The molecule has 16 heavy (non-hydrogen) atoms. The molecule has 1 aromatic carbocycles. The summed E-state index contributed by atoms with van der Waals surface area (Å²) in [6.07, 6.45) is -1.56. The molecule has 0 amide bonds. The lowest BCUT2D eigenvalue weighted by Gasteiger charge is -2.18. The van der Waals surface area contributed by atoms with Gasteiger partial charge in [0.15, 0.2) is 0 Å². The molecule has 2 N–H and O–H groups in total. The molecule has 3 nitrogen and oxygen atoms in total. The summed E-state index contributed by atoms with van der Waals surface area (Å²) in [4.78, 5) is 0. The Morgan fingerprint density at radius 2 is 2.12 bits per heavy atom. The van der Waals surface area contributed by atoms with Crippen LogP contribution >= 0.6 is 27.5 Å². The highest BCUT2D eigenvalue weighted by molar-refractivity contribution is 9.09. The molecule has 0 spiro atoms. The Balaban J connectivity index is 2.98. The lowest BCUT2D eigenvalue weighted by atomic mass is 10.0. The van der Waals surface area contributed by atoms with Crippen LogP contribution in [0.1, 0.15) is 23.7 Å². The van der Waals surface area contributed by atoms with Gasteiger partial charge in [0.25, 0.3) is 0 Å². The molecule has 1 aromatic rings. The van der Waals surface area contributed by atoms with Crippen LogP contribution in [-0.2, 0) is 0 Å². The highest BCUT2D eigenvalue weighted by Crippen LogP contribution is 2.27. The molecule has 0 aliphatic rings. The van der Waals surface area contributed by atoms with E-state index in [9.17, 15) is 10.2 Å². The van der Waals surface area contributed by atoms with Gasteiger partial charge in [-0.1, -0.05) is 27.5 Å². The molecule has 2 atom stereocenters. The minimum absolute atomic E-state index is 0.347. The van der Waals surface area contributed by atoms with E-state index in [2.05, 4.69) is 15.9 Å². The van der Waals surface area contributed by atoms with Gasteiger partial charge in [-0.25, -0.2) is 0 Å². The summed E-state index contributed by atoms with van der Waals surface area (Å²) in [5.74, 6) is 0. The highest BCUT2D eigenvalue weighted by Gasteiger charge is 2.20. The molecule has 2 unspecified atom stereocenters. The van der Waals surface area contributed by atoms with E-state index >= 15 is 0 Å². The highest BCUT2D eigenvalue weighted by atomic mass is 79.9. The molecule has 0 bridgehead atoms. The number of nitriles is 1. The van der Waals surface area contributed by atoms with Gasteiger partial charge in [0.1, 0.15) is 6.10 Å². The van der Waals surface area contributed by atoms with Crippen LogP contribution < -0.4 is 0 Å². The molecule has 0 saturated carbocycles. The number of hydrogen-bond donors (Lipinski definition) is 2. The van der Waals surface area contributed by atoms with E-state index in [0.717, 1.165) is 0 Å². The van der Waals surface area contributed by atoms with Gasteiger partial charge in [-0.05, 0) is 24.6 Å². The fourth-order valence-electron chi connectivity index (χ4n) is 1.32. The van der Waals surface area contributed by atoms with E-state index in [1.54, 1.807) is 12.1 Å². The molecular weight excluding hydrogens is 293 g/mol. The van der Waals surface area contributed by atoms with Crippen molar-refractivity contribution in [2.24, 2.45) is 0 Å². The van der Waals surface area contributed by atoms with Gasteiger partial charge >= 0.3 is 0 Å². The zero-order valence-electron chi connectivity index (χ0n) is 8.40. The number of aliphatic hydroxyl groups excluding tert-OH is 2. The summed E-state index contributed by atoms with van der Waals surface area (Å²) >= 11 is 9.08. The van der Waals surface area contributed by atoms with Crippen molar-refractivity contribution in [3.63, 3.8) is 0 Å². The second kappa shape index (κ2) is 6.21. The van der Waals surface area contributed by atoms with Crippen molar-refractivity contribution in [1.82, 2.24) is 0 Å². The Morgan fingerprint density at radius 1 is 1.44 bits per heavy atom. The maximum Gasteiger partial charge on any atom is 0.106 e. The van der Waals surface area contributed by atoms with E-state index in [1.807, 2.05) is 6.07 Å².